The first-order chi connectivity index (χ1) is 9.08. The van der Waals surface area contributed by atoms with Crippen LogP contribution in [0.4, 0.5) is 0 Å². The number of benzene rings is 1. The second-order valence-corrected chi connectivity index (χ2v) is 4.63. The Labute approximate surface area is 112 Å². The maximum Gasteiger partial charge on any atom is 0.304 e. The van der Waals surface area contributed by atoms with Gasteiger partial charge in [0.1, 0.15) is 6.33 Å². The summed E-state index contributed by atoms with van der Waals surface area (Å²) in [5, 5.41) is 9.09. The zero-order valence-corrected chi connectivity index (χ0v) is 11.0. The summed E-state index contributed by atoms with van der Waals surface area (Å²) in [7, 11) is 0. The zero-order chi connectivity index (χ0) is 13.8. The molecule has 0 spiro atoms. The number of rotatable bonds is 4. The van der Waals surface area contributed by atoms with Crippen molar-refractivity contribution in [2.75, 3.05) is 0 Å². The number of aromatic nitrogens is 2. The van der Waals surface area contributed by atoms with Crippen molar-refractivity contribution in [1.29, 1.82) is 0 Å². The molecule has 2 aromatic rings. The van der Waals surface area contributed by atoms with Crippen LogP contribution in [0.25, 0.3) is 0 Å². The highest BCUT2D eigenvalue weighted by atomic mass is 16.4. The molecule has 0 bridgehead atoms. The third-order valence-corrected chi connectivity index (χ3v) is 3.27. The molecular weight excluding hydrogens is 240 g/mol. The van der Waals surface area contributed by atoms with Crippen LogP contribution in [0.2, 0.25) is 0 Å². The van der Waals surface area contributed by atoms with E-state index in [0.29, 0.717) is 0 Å². The van der Waals surface area contributed by atoms with Crippen LogP contribution in [-0.4, -0.2) is 21.0 Å². The van der Waals surface area contributed by atoms with E-state index in [1.54, 1.807) is 12.3 Å². The fraction of sp³-hybridized carbons (Fsp3) is 0.267. The predicted octanol–water partition coefficient (Wildman–Crippen LogP) is 2.70. The Kier molecular flexibility index (Phi) is 3.90. The Morgan fingerprint density at radius 1 is 1.26 bits per heavy atom. The third-order valence-electron chi connectivity index (χ3n) is 3.27. The Morgan fingerprint density at radius 3 is 2.63 bits per heavy atom. The largest absolute Gasteiger partial charge is 0.481 e. The average Bonchev–Trinajstić information content (AvgIpc) is 2.40. The van der Waals surface area contributed by atoms with Gasteiger partial charge < -0.3 is 5.11 Å². The Bertz CT molecular complexity index is 582. The molecule has 4 heteroatoms. The maximum absolute atomic E-state index is 11.1. The van der Waals surface area contributed by atoms with E-state index in [1.165, 1.54) is 11.9 Å². The fourth-order valence-corrected chi connectivity index (χ4v) is 2.06. The first kappa shape index (κ1) is 13.2. The molecule has 0 saturated carbocycles. The van der Waals surface area contributed by atoms with Crippen LogP contribution in [0.5, 0.6) is 0 Å². The molecule has 1 unspecified atom stereocenters. The maximum atomic E-state index is 11.1. The van der Waals surface area contributed by atoms with Gasteiger partial charge in [0, 0.05) is 12.1 Å². The van der Waals surface area contributed by atoms with Crippen molar-refractivity contribution in [2.24, 2.45) is 0 Å². The van der Waals surface area contributed by atoms with Crippen molar-refractivity contribution in [3.8, 4) is 0 Å². The molecule has 0 aliphatic heterocycles. The first-order valence-electron chi connectivity index (χ1n) is 6.13. The fourth-order valence-electron chi connectivity index (χ4n) is 2.06. The van der Waals surface area contributed by atoms with Gasteiger partial charge in [0.25, 0.3) is 0 Å². The van der Waals surface area contributed by atoms with Gasteiger partial charge in [-0.25, -0.2) is 9.97 Å². The summed E-state index contributed by atoms with van der Waals surface area (Å²) in [6.45, 7) is 4.06. The molecule has 0 fully saturated rings. The highest BCUT2D eigenvalue weighted by Gasteiger charge is 2.19. The lowest BCUT2D eigenvalue weighted by Crippen LogP contribution is -2.10. The van der Waals surface area contributed by atoms with Gasteiger partial charge in [0.2, 0.25) is 0 Å². The smallest absolute Gasteiger partial charge is 0.304 e. The van der Waals surface area contributed by atoms with E-state index >= 15 is 0 Å². The van der Waals surface area contributed by atoms with Gasteiger partial charge in [-0.15, -0.1) is 0 Å². The van der Waals surface area contributed by atoms with Gasteiger partial charge in [-0.1, -0.05) is 18.2 Å². The Balaban J connectivity index is 2.42. The third kappa shape index (κ3) is 3.16. The molecule has 4 nitrogen and oxygen atoms in total. The van der Waals surface area contributed by atoms with Crippen molar-refractivity contribution in [1.82, 2.24) is 9.97 Å². The van der Waals surface area contributed by atoms with E-state index in [2.05, 4.69) is 9.97 Å². The standard InChI is InChI=1S/C15H16N2O2/c1-10-3-4-12(7-11(10)2)13(8-15(18)19)14-5-6-16-9-17-14/h3-7,9,13H,8H2,1-2H3,(H,18,19). The number of carboxylic acids is 1. The van der Waals surface area contributed by atoms with Crippen LogP contribution in [-0.2, 0) is 4.79 Å². The van der Waals surface area contributed by atoms with E-state index in [1.807, 2.05) is 32.0 Å². The summed E-state index contributed by atoms with van der Waals surface area (Å²) < 4.78 is 0. The summed E-state index contributed by atoms with van der Waals surface area (Å²) in [5.74, 6) is -1.07. The monoisotopic (exact) mass is 256 g/mol. The lowest BCUT2D eigenvalue weighted by Gasteiger charge is -2.16. The number of aliphatic carboxylic acids is 1. The summed E-state index contributed by atoms with van der Waals surface area (Å²) in [4.78, 5) is 19.1. The molecule has 1 aromatic heterocycles. The van der Waals surface area contributed by atoms with Crippen molar-refractivity contribution < 1.29 is 9.90 Å². The lowest BCUT2D eigenvalue weighted by atomic mass is 9.90. The Morgan fingerprint density at radius 2 is 2.05 bits per heavy atom. The minimum absolute atomic E-state index is 0.0273. The first-order valence-corrected chi connectivity index (χ1v) is 6.13. The SMILES string of the molecule is Cc1ccc(C(CC(=O)O)c2ccncn2)cc1C. The molecule has 0 aliphatic rings. The van der Waals surface area contributed by atoms with E-state index in [4.69, 9.17) is 5.11 Å². The number of hydrogen-bond donors (Lipinski definition) is 1. The average molecular weight is 256 g/mol. The van der Waals surface area contributed by atoms with Gasteiger partial charge in [-0.05, 0) is 36.6 Å². The molecule has 1 heterocycles. The van der Waals surface area contributed by atoms with Gasteiger partial charge in [0.15, 0.2) is 0 Å². The summed E-state index contributed by atoms with van der Waals surface area (Å²) >= 11 is 0. The second-order valence-electron chi connectivity index (χ2n) is 4.63. The molecule has 98 valence electrons. The van der Waals surface area contributed by atoms with Crippen LogP contribution in [0.3, 0.4) is 0 Å². The van der Waals surface area contributed by atoms with Crippen molar-refractivity contribution in [2.45, 2.75) is 26.2 Å². The summed E-state index contributed by atoms with van der Waals surface area (Å²) in [6.07, 6.45) is 3.11. The van der Waals surface area contributed by atoms with Crippen LogP contribution < -0.4 is 0 Å². The molecule has 0 radical (unpaired) electrons. The van der Waals surface area contributed by atoms with E-state index < -0.39 is 5.97 Å². The van der Waals surface area contributed by atoms with Gasteiger partial charge in [0.05, 0.1) is 12.1 Å². The number of hydrogen-bond acceptors (Lipinski definition) is 3. The summed E-state index contributed by atoms with van der Waals surface area (Å²) in [5.41, 5.74) is 4.06. The van der Waals surface area contributed by atoms with Crippen LogP contribution >= 0.6 is 0 Å². The number of nitrogens with zero attached hydrogens (tertiary/aromatic N) is 2. The van der Waals surface area contributed by atoms with Gasteiger partial charge in [-0.3, -0.25) is 4.79 Å². The number of carbonyl (C=O) groups is 1. The molecule has 2 rings (SSSR count). The van der Waals surface area contributed by atoms with E-state index in [-0.39, 0.29) is 12.3 Å². The molecule has 0 amide bonds. The summed E-state index contributed by atoms with van der Waals surface area (Å²) in [6, 6.07) is 7.78. The highest BCUT2D eigenvalue weighted by Crippen LogP contribution is 2.27. The van der Waals surface area contributed by atoms with Crippen molar-refractivity contribution >= 4 is 5.97 Å². The van der Waals surface area contributed by atoms with E-state index in [9.17, 15) is 4.79 Å². The second kappa shape index (κ2) is 5.61. The van der Waals surface area contributed by atoms with Gasteiger partial charge in [-0.2, -0.15) is 0 Å². The molecule has 0 saturated heterocycles. The molecule has 0 aliphatic carbocycles. The van der Waals surface area contributed by atoms with Crippen LogP contribution in [0.1, 0.15) is 34.7 Å². The molecular formula is C15H16N2O2. The van der Waals surface area contributed by atoms with Crippen LogP contribution in [0.15, 0.2) is 36.8 Å². The van der Waals surface area contributed by atoms with E-state index in [0.717, 1.165) is 16.8 Å². The molecule has 1 N–H and O–H groups in total. The number of aryl methyl sites for hydroxylation is 2. The predicted molar refractivity (Wildman–Crippen MR) is 72.0 cm³/mol. The van der Waals surface area contributed by atoms with Crippen molar-refractivity contribution in [3.05, 3.63) is 59.2 Å². The molecule has 1 atom stereocenters. The topological polar surface area (TPSA) is 63.1 Å². The minimum atomic E-state index is -0.832. The normalized spacial score (nSPS) is 12.1. The van der Waals surface area contributed by atoms with Gasteiger partial charge >= 0.3 is 5.97 Å². The minimum Gasteiger partial charge on any atom is -0.481 e. The van der Waals surface area contributed by atoms with Crippen molar-refractivity contribution in [3.63, 3.8) is 0 Å². The number of carboxylic acid groups (broad SMARTS) is 1. The molecule has 19 heavy (non-hydrogen) atoms. The Hall–Kier alpha value is -2.23. The van der Waals surface area contributed by atoms with Crippen LogP contribution in [0, 0.1) is 13.8 Å². The highest BCUT2D eigenvalue weighted by molar-refractivity contribution is 5.69. The quantitative estimate of drug-likeness (QED) is 0.913. The zero-order valence-electron chi connectivity index (χ0n) is 11.0. The lowest BCUT2D eigenvalue weighted by molar-refractivity contribution is -0.137. The molecule has 1 aromatic carbocycles.